The summed E-state index contributed by atoms with van der Waals surface area (Å²) >= 11 is 0. The van der Waals surface area contributed by atoms with E-state index in [1.807, 2.05) is 6.20 Å². The van der Waals surface area contributed by atoms with E-state index in [1.54, 1.807) is 12.4 Å². The van der Waals surface area contributed by atoms with Gasteiger partial charge in [0.15, 0.2) is 5.65 Å². The maximum atomic E-state index is 11.4. The lowest BCUT2D eigenvalue weighted by Crippen LogP contribution is -2.26. The predicted molar refractivity (Wildman–Crippen MR) is 67.9 cm³/mol. The minimum atomic E-state index is 0.216. The highest BCUT2D eigenvalue weighted by molar-refractivity contribution is 5.80. The molecular formula is C13H16N4O. The van der Waals surface area contributed by atoms with E-state index < -0.39 is 0 Å². The number of carbonyl (C=O) groups excluding carboxylic acids is 1. The van der Waals surface area contributed by atoms with Crippen molar-refractivity contribution in [1.29, 1.82) is 0 Å². The molecule has 3 rings (SSSR count). The van der Waals surface area contributed by atoms with Crippen LogP contribution < -0.4 is 5.32 Å². The van der Waals surface area contributed by atoms with Crippen molar-refractivity contribution < 1.29 is 4.79 Å². The molecule has 0 spiro atoms. The molecule has 2 aromatic rings. The minimum absolute atomic E-state index is 0.216. The van der Waals surface area contributed by atoms with Crippen molar-refractivity contribution in [2.45, 2.75) is 25.7 Å². The molecule has 0 unspecified atom stereocenters. The van der Waals surface area contributed by atoms with Crippen LogP contribution in [0.4, 0.5) is 0 Å². The molecule has 0 atom stereocenters. The number of aromatic amines is 1. The highest BCUT2D eigenvalue weighted by Crippen LogP contribution is 2.28. The maximum Gasteiger partial charge on any atom is 0.223 e. The SMILES string of the molecule is O=C(NCCCc1c[nH]c2nccnc12)C1CC1. The Kier molecular flexibility index (Phi) is 2.96. The number of nitrogens with one attached hydrogen (secondary N) is 2. The van der Waals surface area contributed by atoms with Gasteiger partial charge in [-0.15, -0.1) is 0 Å². The lowest BCUT2D eigenvalue weighted by atomic mass is 10.1. The van der Waals surface area contributed by atoms with Gasteiger partial charge < -0.3 is 10.3 Å². The Labute approximate surface area is 105 Å². The Bertz CT molecular complexity index is 559. The summed E-state index contributed by atoms with van der Waals surface area (Å²) in [6, 6.07) is 0. The van der Waals surface area contributed by atoms with Gasteiger partial charge in [-0.3, -0.25) is 9.78 Å². The van der Waals surface area contributed by atoms with Gasteiger partial charge in [0, 0.05) is 31.1 Å². The quantitative estimate of drug-likeness (QED) is 0.781. The number of rotatable bonds is 5. The molecule has 18 heavy (non-hydrogen) atoms. The van der Waals surface area contributed by atoms with Crippen LogP contribution in [0.25, 0.3) is 11.2 Å². The van der Waals surface area contributed by atoms with Crippen LogP contribution in [-0.4, -0.2) is 27.4 Å². The molecular weight excluding hydrogens is 228 g/mol. The monoisotopic (exact) mass is 244 g/mol. The standard InChI is InChI=1S/C13H16N4O/c18-13(9-3-4-9)16-5-1-2-10-8-17-12-11(10)14-6-7-15-12/h6-9H,1-5H2,(H,15,17)(H,16,18). The zero-order valence-electron chi connectivity index (χ0n) is 10.1. The molecule has 0 aromatic carbocycles. The van der Waals surface area contributed by atoms with E-state index in [9.17, 15) is 4.79 Å². The van der Waals surface area contributed by atoms with Gasteiger partial charge >= 0.3 is 0 Å². The zero-order valence-corrected chi connectivity index (χ0v) is 10.1. The Hall–Kier alpha value is -1.91. The van der Waals surface area contributed by atoms with E-state index in [0.29, 0.717) is 5.92 Å². The van der Waals surface area contributed by atoms with Gasteiger partial charge in [0.2, 0.25) is 5.91 Å². The second-order valence-corrected chi connectivity index (χ2v) is 4.74. The molecule has 5 heteroatoms. The summed E-state index contributed by atoms with van der Waals surface area (Å²) in [6.45, 7) is 0.738. The maximum absolute atomic E-state index is 11.4. The number of amides is 1. The van der Waals surface area contributed by atoms with Crippen molar-refractivity contribution in [2.75, 3.05) is 6.54 Å². The normalized spacial score (nSPS) is 14.9. The van der Waals surface area contributed by atoms with Crippen LogP contribution in [0.2, 0.25) is 0 Å². The van der Waals surface area contributed by atoms with Crippen molar-refractivity contribution >= 4 is 17.1 Å². The smallest absolute Gasteiger partial charge is 0.223 e. The number of fused-ring (bicyclic) bond motifs is 1. The fraction of sp³-hybridized carbons (Fsp3) is 0.462. The van der Waals surface area contributed by atoms with Crippen molar-refractivity contribution in [2.24, 2.45) is 5.92 Å². The van der Waals surface area contributed by atoms with E-state index in [4.69, 9.17) is 0 Å². The molecule has 0 saturated heterocycles. The molecule has 0 aliphatic heterocycles. The van der Waals surface area contributed by atoms with Gasteiger partial charge in [0.1, 0.15) is 5.52 Å². The first-order chi connectivity index (χ1) is 8.84. The van der Waals surface area contributed by atoms with Crippen LogP contribution >= 0.6 is 0 Å². The fourth-order valence-electron chi connectivity index (χ4n) is 2.07. The van der Waals surface area contributed by atoms with Gasteiger partial charge in [-0.25, -0.2) is 4.98 Å². The fourth-order valence-corrected chi connectivity index (χ4v) is 2.07. The van der Waals surface area contributed by atoms with Crippen LogP contribution in [0.5, 0.6) is 0 Å². The van der Waals surface area contributed by atoms with Crippen molar-refractivity contribution in [3.05, 3.63) is 24.2 Å². The molecule has 1 amide bonds. The summed E-state index contributed by atoms with van der Waals surface area (Å²) in [5.41, 5.74) is 2.93. The van der Waals surface area contributed by atoms with Crippen LogP contribution in [0, 0.1) is 5.92 Å². The van der Waals surface area contributed by atoms with Crippen LogP contribution in [-0.2, 0) is 11.2 Å². The Morgan fingerprint density at radius 2 is 2.22 bits per heavy atom. The number of H-pyrrole nitrogens is 1. The van der Waals surface area contributed by atoms with E-state index in [1.165, 1.54) is 5.56 Å². The lowest BCUT2D eigenvalue weighted by molar-refractivity contribution is -0.122. The summed E-state index contributed by atoms with van der Waals surface area (Å²) in [4.78, 5) is 23.1. The van der Waals surface area contributed by atoms with Gasteiger partial charge in [-0.1, -0.05) is 0 Å². The number of hydrogen-bond acceptors (Lipinski definition) is 3. The summed E-state index contributed by atoms with van der Waals surface area (Å²) in [5, 5.41) is 2.97. The first kappa shape index (κ1) is 11.2. The number of nitrogens with zero attached hydrogens (tertiary/aromatic N) is 2. The number of hydrogen-bond donors (Lipinski definition) is 2. The van der Waals surface area contributed by atoms with E-state index in [2.05, 4.69) is 20.3 Å². The van der Waals surface area contributed by atoms with Crippen LogP contribution in [0.15, 0.2) is 18.6 Å². The largest absolute Gasteiger partial charge is 0.356 e. The van der Waals surface area contributed by atoms with E-state index in [-0.39, 0.29) is 5.91 Å². The van der Waals surface area contributed by atoms with Gasteiger partial charge in [0.05, 0.1) is 0 Å². The number of carbonyl (C=O) groups is 1. The molecule has 1 fully saturated rings. The summed E-state index contributed by atoms with van der Waals surface area (Å²) in [6.07, 6.45) is 9.29. The van der Waals surface area contributed by atoms with Crippen molar-refractivity contribution in [3.8, 4) is 0 Å². The Balaban J connectivity index is 1.52. The average molecular weight is 244 g/mol. The first-order valence-electron chi connectivity index (χ1n) is 6.39. The third kappa shape index (κ3) is 2.34. The first-order valence-corrected chi connectivity index (χ1v) is 6.39. The number of aryl methyl sites for hydroxylation is 1. The Morgan fingerprint density at radius 1 is 1.39 bits per heavy atom. The van der Waals surface area contributed by atoms with Crippen molar-refractivity contribution in [1.82, 2.24) is 20.3 Å². The van der Waals surface area contributed by atoms with E-state index in [0.717, 1.165) is 43.4 Å². The summed E-state index contributed by atoms with van der Waals surface area (Å²) in [7, 11) is 0. The van der Waals surface area contributed by atoms with Gasteiger partial charge in [-0.2, -0.15) is 0 Å². The average Bonchev–Trinajstić information content (AvgIpc) is 3.17. The van der Waals surface area contributed by atoms with Crippen LogP contribution in [0.1, 0.15) is 24.8 Å². The molecule has 1 aliphatic rings. The van der Waals surface area contributed by atoms with E-state index >= 15 is 0 Å². The molecule has 5 nitrogen and oxygen atoms in total. The highest BCUT2D eigenvalue weighted by Gasteiger charge is 2.28. The van der Waals surface area contributed by atoms with Gasteiger partial charge in [-0.05, 0) is 31.2 Å². The predicted octanol–water partition coefficient (Wildman–Crippen LogP) is 1.42. The molecule has 2 heterocycles. The van der Waals surface area contributed by atoms with Gasteiger partial charge in [0.25, 0.3) is 0 Å². The molecule has 1 aliphatic carbocycles. The Morgan fingerprint density at radius 3 is 3.06 bits per heavy atom. The topological polar surface area (TPSA) is 70.7 Å². The second-order valence-electron chi connectivity index (χ2n) is 4.74. The summed E-state index contributed by atoms with van der Waals surface area (Å²) in [5.74, 6) is 0.512. The lowest BCUT2D eigenvalue weighted by Gasteiger charge is -2.03. The molecule has 0 bridgehead atoms. The summed E-state index contributed by atoms with van der Waals surface area (Å²) < 4.78 is 0. The molecule has 94 valence electrons. The third-order valence-electron chi connectivity index (χ3n) is 3.26. The molecule has 2 N–H and O–H groups in total. The number of aromatic nitrogens is 3. The third-order valence-corrected chi connectivity index (χ3v) is 3.26. The van der Waals surface area contributed by atoms with Crippen molar-refractivity contribution in [3.63, 3.8) is 0 Å². The molecule has 0 radical (unpaired) electrons. The minimum Gasteiger partial charge on any atom is -0.356 e. The van der Waals surface area contributed by atoms with Crippen LogP contribution in [0.3, 0.4) is 0 Å². The molecule has 1 saturated carbocycles. The second kappa shape index (κ2) is 4.76. The highest BCUT2D eigenvalue weighted by atomic mass is 16.2. The zero-order chi connectivity index (χ0) is 12.4. The molecule has 2 aromatic heterocycles.